The van der Waals surface area contributed by atoms with Crippen LogP contribution >= 0.6 is 0 Å². The van der Waals surface area contributed by atoms with E-state index in [0.717, 1.165) is 49.2 Å². The van der Waals surface area contributed by atoms with E-state index in [1.807, 2.05) is 24.3 Å². The molecule has 5 heteroatoms. The fourth-order valence-corrected chi connectivity index (χ4v) is 6.34. The number of nitrogens with zero attached hydrogens (tertiary/aromatic N) is 1. The normalized spacial score (nSPS) is 29.8. The van der Waals surface area contributed by atoms with Crippen LogP contribution in [0.25, 0.3) is 0 Å². The Labute approximate surface area is 189 Å². The Morgan fingerprint density at radius 2 is 1.84 bits per heavy atom. The number of oxime groups is 1. The van der Waals surface area contributed by atoms with Gasteiger partial charge in [0.2, 0.25) is 0 Å². The summed E-state index contributed by atoms with van der Waals surface area (Å²) in [5.74, 6) is 3.38. The van der Waals surface area contributed by atoms with Gasteiger partial charge >= 0.3 is 0 Å². The average molecular weight is 434 g/mol. The highest BCUT2D eigenvalue weighted by atomic mass is 16.6. The molecule has 2 aromatic rings. The number of rotatable bonds is 5. The molecule has 5 nitrogen and oxygen atoms in total. The second kappa shape index (κ2) is 8.27. The molecule has 5 rings (SSSR count). The van der Waals surface area contributed by atoms with Crippen molar-refractivity contribution in [3.05, 3.63) is 59.2 Å². The van der Waals surface area contributed by atoms with Gasteiger partial charge in [0.1, 0.15) is 30.9 Å². The van der Waals surface area contributed by atoms with Crippen LogP contribution in [0.3, 0.4) is 0 Å². The van der Waals surface area contributed by atoms with E-state index in [4.69, 9.17) is 14.3 Å². The van der Waals surface area contributed by atoms with Crippen LogP contribution in [-0.4, -0.2) is 25.7 Å². The van der Waals surface area contributed by atoms with Gasteiger partial charge in [-0.1, -0.05) is 30.3 Å². The van der Waals surface area contributed by atoms with Gasteiger partial charge in [-0.25, -0.2) is 0 Å². The summed E-state index contributed by atoms with van der Waals surface area (Å²) in [5, 5.41) is 4.07. The number of benzene rings is 2. The van der Waals surface area contributed by atoms with Crippen molar-refractivity contribution >= 4 is 11.5 Å². The van der Waals surface area contributed by atoms with Crippen LogP contribution < -0.4 is 9.47 Å². The van der Waals surface area contributed by atoms with Crippen LogP contribution in [0.4, 0.5) is 0 Å². The maximum atomic E-state index is 13.0. The molecule has 0 aromatic heterocycles. The van der Waals surface area contributed by atoms with Gasteiger partial charge in [-0.3, -0.25) is 4.79 Å². The van der Waals surface area contributed by atoms with Gasteiger partial charge < -0.3 is 14.3 Å². The number of methoxy groups -OCH3 is 1. The molecular weight excluding hydrogens is 402 g/mol. The summed E-state index contributed by atoms with van der Waals surface area (Å²) in [7, 11) is 3.20. The fourth-order valence-electron chi connectivity index (χ4n) is 6.34. The van der Waals surface area contributed by atoms with E-state index < -0.39 is 0 Å². The van der Waals surface area contributed by atoms with Gasteiger partial charge in [0.25, 0.3) is 0 Å². The monoisotopic (exact) mass is 433 g/mol. The minimum Gasteiger partial charge on any atom is -0.497 e. The molecule has 0 bridgehead atoms. The smallest absolute Gasteiger partial charge is 0.186 e. The molecule has 2 fully saturated rings. The van der Waals surface area contributed by atoms with Crippen LogP contribution in [0.15, 0.2) is 47.6 Å². The Morgan fingerprint density at radius 3 is 2.59 bits per heavy atom. The predicted molar refractivity (Wildman–Crippen MR) is 123 cm³/mol. The van der Waals surface area contributed by atoms with E-state index in [1.165, 1.54) is 18.2 Å². The van der Waals surface area contributed by atoms with Crippen molar-refractivity contribution in [2.75, 3.05) is 14.2 Å². The molecule has 0 unspecified atom stereocenters. The van der Waals surface area contributed by atoms with Crippen LogP contribution in [0, 0.1) is 17.3 Å². The van der Waals surface area contributed by atoms with E-state index in [1.54, 1.807) is 7.11 Å². The van der Waals surface area contributed by atoms with Gasteiger partial charge in [0.15, 0.2) is 5.78 Å². The molecule has 2 aromatic carbocycles. The molecule has 2 saturated carbocycles. The highest BCUT2D eigenvalue weighted by molar-refractivity contribution is 6.43. The first-order chi connectivity index (χ1) is 15.5. The van der Waals surface area contributed by atoms with Crippen molar-refractivity contribution in [3.63, 3.8) is 0 Å². The van der Waals surface area contributed by atoms with Gasteiger partial charge in [-0.05, 0) is 84.4 Å². The Bertz CT molecular complexity index is 1040. The Hall–Kier alpha value is -2.82. The summed E-state index contributed by atoms with van der Waals surface area (Å²) < 4.78 is 11.3. The lowest BCUT2D eigenvalue weighted by molar-refractivity contribution is -0.125. The molecule has 0 spiro atoms. The van der Waals surface area contributed by atoms with Gasteiger partial charge in [0, 0.05) is 11.8 Å². The minimum absolute atomic E-state index is 0.205. The molecule has 168 valence electrons. The van der Waals surface area contributed by atoms with Crippen LogP contribution in [-0.2, 0) is 22.7 Å². The molecule has 0 aliphatic heterocycles. The zero-order valence-corrected chi connectivity index (χ0v) is 19.1. The first-order valence-corrected chi connectivity index (χ1v) is 11.6. The lowest BCUT2D eigenvalue weighted by atomic mass is 9.55. The lowest BCUT2D eigenvalue weighted by Gasteiger charge is -2.47. The molecule has 4 atom stereocenters. The van der Waals surface area contributed by atoms with Crippen molar-refractivity contribution in [2.45, 2.75) is 51.6 Å². The summed E-state index contributed by atoms with van der Waals surface area (Å²) in [6.45, 7) is 2.69. The number of ether oxygens (including phenoxy) is 2. The SMILES string of the molecule is CO/N=C1\C[C@H]2[C@@H]3CCc4cc(OCc5ccc(OC)cc5)ccc4[C@H]3CC[C@]2(C)C1=O. The summed E-state index contributed by atoms with van der Waals surface area (Å²) in [4.78, 5) is 18.0. The molecule has 32 heavy (non-hydrogen) atoms. The van der Waals surface area contributed by atoms with Crippen molar-refractivity contribution in [2.24, 2.45) is 22.4 Å². The number of carbonyl (C=O) groups excluding carboxylic acids is 1. The zero-order valence-electron chi connectivity index (χ0n) is 19.1. The Kier molecular flexibility index (Phi) is 5.44. The average Bonchev–Trinajstić information content (AvgIpc) is 3.08. The summed E-state index contributed by atoms with van der Waals surface area (Å²) >= 11 is 0. The third kappa shape index (κ3) is 3.48. The van der Waals surface area contributed by atoms with E-state index in [-0.39, 0.29) is 11.2 Å². The van der Waals surface area contributed by atoms with Crippen molar-refractivity contribution < 1.29 is 19.1 Å². The lowest BCUT2D eigenvalue weighted by Crippen LogP contribution is -2.42. The van der Waals surface area contributed by atoms with Crippen molar-refractivity contribution in [1.29, 1.82) is 0 Å². The van der Waals surface area contributed by atoms with Crippen LogP contribution in [0.2, 0.25) is 0 Å². The number of hydrogen-bond acceptors (Lipinski definition) is 5. The van der Waals surface area contributed by atoms with Gasteiger partial charge in [-0.15, -0.1) is 0 Å². The van der Waals surface area contributed by atoms with Crippen LogP contribution in [0.1, 0.15) is 55.2 Å². The Morgan fingerprint density at radius 1 is 1.06 bits per heavy atom. The third-order valence-corrected chi connectivity index (χ3v) is 8.05. The largest absolute Gasteiger partial charge is 0.497 e. The summed E-state index contributed by atoms with van der Waals surface area (Å²) in [6.07, 6.45) is 4.89. The standard InChI is InChI=1S/C27H31NO4/c1-27-13-12-22-21-11-9-20(32-16-17-4-7-19(30-2)8-5-17)14-18(21)6-10-23(22)24(27)15-25(26(27)29)28-31-3/h4-5,7-9,11,14,22-24H,6,10,12-13,15-16H2,1-3H3/b28-25+/t22-,23-,24+,27+/m1/s1. The fraction of sp³-hybridized carbons (Fsp3) is 0.481. The number of fused-ring (bicyclic) bond motifs is 5. The molecule has 0 saturated heterocycles. The van der Waals surface area contributed by atoms with Gasteiger partial charge in [0.05, 0.1) is 7.11 Å². The van der Waals surface area contributed by atoms with E-state index in [0.29, 0.717) is 30.1 Å². The molecule has 0 radical (unpaired) electrons. The molecular formula is C27H31NO4. The molecule has 3 aliphatic rings. The second-order valence-electron chi connectivity index (χ2n) is 9.62. The highest BCUT2D eigenvalue weighted by Crippen LogP contribution is 2.59. The first kappa shape index (κ1) is 21.0. The topological polar surface area (TPSA) is 57.1 Å². The third-order valence-electron chi connectivity index (χ3n) is 8.05. The maximum absolute atomic E-state index is 13.0. The second-order valence-corrected chi connectivity index (χ2v) is 9.62. The predicted octanol–water partition coefficient (Wildman–Crippen LogP) is 5.31. The maximum Gasteiger partial charge on any atom is 0.186 e. The van der Waals surface area contributed by atoms with Crippen LogP contribution in [0.5, 0.6) is 11.5 Å². The summed E-state index contributed by atoms with van der Waals surface area (Å²) in [5.41, 5.74) is 4.32. The number of ketones is 1. The Balaban J connectivity index is 1.32. The van der Waals surface area contributed by atoms with E-state index in [9.17, 15) is 4.79 Å². The van der Waals surface area contributed by atoms with E-state index in [2.05, 4.69) is 30.3 Å². The van der Waals surface area contributed by atoms with Crippen molar-refractivity contribution in [3.8, 4) is 11.5 Å². The molecule has 0 heterocycles. The first-order valence-electron chi connectivity index (χ1n) is 11.6. The molecule has 0 N–H and O–H groups in total. The number of hydrogen-bond donors (Lipinski definition) is 0. The minimum atomic E-state index is -0.280. The summed E-state index contributed by atoms with van der Waals surface area (Å²) in [6, 6.07) is 14.6. The zero-order chi connectivity index (χ0) is 22.3. The molecule has 0 amide bonds. The van der Waals surface area contributed by atoms with Gasteiger partial charge in [-0.2, -0.15) is 0 Å². The van der Waals surface area contributed by atoms with E-state index >= 15 is 0 Å². The number of aryl methyl sites for hydroxylation is 1. The molecule has 3 aliphatic carbocycles. The highest BCUT2D eigenvalue weighted by Gasteiger charge is 2.57. The number of carbonyl (C=O) groups is 1. The quantitative estimate of drug-likeness (QED) is 0.600. The van der Waals surface area contributed by atoms with Crippen molar-refractivity contribution in [1.82, 2.24) is 0 Å². The number of Topliss-reactive ketones (excluding diaryl/α,β-unsaturated/α-hetero) is 1.